The maximum absolute atomic E-state index is 3.71. The van der Waals surface area contributed by atoms with E-state index in [1.165, 1.54) is 53.2 Å². The highest BCUT2D eigenvalue weighted by atomic mass is 127. The average molecular weight is 383 g/mol. The second-order valence-corrected chi connectivity index (χ2v) is 6.78. The van der Waals surface area contributed by atoms with Crippen LogP contribution in [0.4, 0.5) is 0 Å². The van der Waals surface area contributed by atoms with E-state index < -0.39 is 0 Å². The van der Waals surface area contributed by atoms with Crippen LogP contribution >= 0.6 is 22.6 Å². The maximum atomic E-state index is 3.71. The first-order valence-corrected chi connectivity index (χ1v) is 8.99. The van der Waals surface area contributed by atoms with Crippen LogP contribution in [0.25, 0.3) is 0 Å². The minimum Gasteiger partial charge on any atom is -0.307 e. The monoisotopic (exact) mass is 383 g/mol. The summed E-state index contributed by atoms with van der Waals surface area (Å²) in [5.74, 6) is 0. The first kappa shape index (κ1) is 16.0. The Morgan fingerprint density at radius 2 is 2.00 bits per heavy atom. The summed E-state index contributed by atoms with van der Waals surface area (Å²) in [6.45, 7) is 5.44. The van der Waals surface area contributed by atoms with E-state index in [4.69, 9.17) is 0 Å². The van der Waals surface area contributed by atoms with Gasteiger partial charge in [-0.1, -0.05) is 49.6 Å². The molecule has 2 heteroatoms. The topological polar surface area (TPSA) is 12.0 Å². The van der Waals surface area contributed by atoms with Crippen molar-refractivity contribution in [1.29, 1.82) is 0 Å². The van der Waals surface area contributed by atoms with E-state index in [9.17, 15) is 0 Å². The Hall–Kier alpha value is -0.350. The van der Waals surface area contributed by atoms with E-state index in [1.807, 2.05) is 0 Å². The highest BCUT2D eigenvalue weighted by Crippen LogP contribution is 2.32. The molecule has 1 aliphatic carbocycles. The van der Waals surface area contributed by atoms with Gasteiger partial charge in [0.1, 0.15) is 0 Å². The van der Waals surface area contributed by atoms with Crippen molar-refractivity contribution in [3.05, 3.63) is 44.5 Å². The Balaban J connectivity index is 2.31. The lowest BCUT2D eigenvalue weighted by Crippen LogP contribution is -2.24. The van der Waals surface area contributed by atoms with Crippen molar-refractivity contribution in [1.82, 2.24) is 5.32 Å². The number of hydrogen-bond donors (Lipinski definition) is 1. The zero-order valence-electron chi connectivity index (χ0n) is 12.7. The van der Waals surface area contributed by atoms with E-state index in [-0.39, 0.29) is 0 Å². The molecule has 0 heterocycles. The Morgan fingerprint density at radius 3 is 2.80 bits per heavy atom. The second-order valence-electron chi connectivity index (χ2n) is 5.70. The third kappa shape index (κ3) is 4.08. The van der Waals surface area contributed by atoms with Crippen molar-refractivity contribution in [2.75, 3.05) is 6.54 Å². The number of rotatable bonds is 4. The summed E-state index contributed by atoms with van der Waals surface area (Å²) in [5, 5.41) is 3.71. The van der Waals surface area contributed by atoms with Crippen LogP contribution in [0.5, 0.6) is 0 Å². The van der Waals surface area contributed by atoms with Gasteiger partial charge in [-0.3, -0.25) is 0 Å². The van der Waals surface area contributed by atoms with Crippen LogP contribution in [0.1, 0.15) is 62.6 Å². The number of hydrogen-bond acceptors (Lipinski definition) is 1. The minimum absolute atomic E-state index is 0.407. The zero-order valence-corrected chi connectivity index (χ0v) is 14.9. The van der Waals surface area contributed by atoms with Crippen molar-refractivity contribution >= 4 is 22.6 Å². The number of likely N-dealkylation sites (N-methyl/N-ethyl adjacent to an activating group) is 1. The second kappa shape index (κ2) is 8.18. The number of aryl methyl sites for hydroxylation is 1. The van der Waals surface area contributed by atoms with Gasteiger partial charge in [-0.15, -0.1) is 0 Å². The van der Waals surface area contributed by atoms with Crippen molar-refractivity contribution in [2.24, 2.45) is 0 Å². The van der Waals surface area contributed by atoms with E-state index in [1.54, 1.807) is 5.57 Å². The molecule has 0 spiro atoms. The standard InChI is InChI=1S/C18H26IN/c1-3-20-18(15-11-7-5-4-6-8-12-15)16-13-9-10-14(2)17(16)19/h9-11,13,18,20H,3-8,12H2,1-2H3/b15-11+. The van der Waals surface area contributed by atoms with Crippen LogP contribution in [0.15, 0.2) is 29.8 Å². The van der Waals surface area contributed by atoms with Gasteiger partial charge in [0.25, 0.3) is 0 Å². The van der Waals surface area contributed by atoms with Crippen molar-refractivity contribution < 1.29 is 0 Å². The number of halogens is 1. The van der Waals surface area contributed by atoms with Gasteiger partial charge in [0.15, 0.2) is 0 Å². The molecule has 0 radical (unpaired) electrons. The van der Waals surface area contributed by atoms with Crippen LogP contribution in [-0.4, -0.2) is 6.54 Å². The summed E-state index contributed by atoms with van der Waals surface area (Å²) in [5.41, 5.74) is 4.45. The molecule has 1 unspecified atom stereocenters. The Bertz CT molecular complexity index is 464. The van der Waals surface area contributed by atoms with E-state index >= 15 is 0 Å². The summed E-state index contributed by atoms with van der Waals surface area (Å²) in [6, 6.07) is 7.10. The lowest BCUT2D eigenvalue weighted by atomic mass is 9.90. The van der Waals surface area contributed by atoms with E-state index in [2.05, 4.69) is 66.0 Å². The Morgan fingerprint density at radius 1 is 1.20 bits per heavy atom. The molecule has 1 nitrogen and oxygen atoms in total. The third-order valence-corrected chi connectivity index (χ3v) is 5.61. The van der Waals surface area contributed by atoms with Gasteiger partial charge in [0.2, 0.25) is 0 Å². The zero-order chi connectivity index (χ0) is 14.4. The molecule has 20 heavy (non-hydrogen) atoms. The largest absolute Gasteiger partial charge is 0.307 e. The lowest BCUT2D eigenvalue weighted by Gasteiger charge is -2.25. The van der Waals surface area contributed by atoms with Crippen molar-refractivity contribution in [3.8, 4) is 0 Å². The highest BCUT2D eigenvalue weighted by molar-refractivity contribution is 14.1. The molecule has 0 fully saturated rings. The van der Waals surface area contributed by atoms with Gasteiger partial charge >= 0.3 is 0 Å². The van der Waals surface area contributed by atoms with E-state index in [0.717, 1.165) is 6.54 Å². The molecule has 0 aromatic heterocycles. The molecule has 1 aromatic carbocycles. The molecule has 1 aliphatic rings. The smallest absolute Gasteiger partial charge is 0.0546 e. The fraction of sp³-hybridized carbons (Fsp3) is 0.556. The Kier molecular flexibility index (Phi) is 6.56. The maximum Gasteiger partial charge on any atom is 0.0546 e. The van der Waals surface area contributed by atoms with Crippen LogP contribution in [0.2, 0.25) is 0 Å². The van der Waals surface area contributed by atoms with Crippen molar-refractivity contribution in [2.45, 2.75) is 58.4 Å². The van der Waals surface area contributed by atoms with Crippen LogP contribution < -0.4 is 5.32 Å². The highest BCUT2D eigenvalue weighted by Gasteiger charge is 2.19. The molecular weight excluding hydrogens is 357 g/mol. The summed E-state index contributed by atoms with van der Waals surface area (Å²) in [6.07, 6.45) is 10.5. The predicted molar refractivity (Wildman–Crippen MR) is 96.1 cm³/mol. The van der Waals surface area contributed by atoms with E-state index in [0.29, 0.717) is 6.04 Å². The molecule has 0 saturated heterocycles. The first-order valence-electron chi connectivity index (χ1n) is 7.91. The first-order chi connectivity index (χ1) is 9.74. The van der Waals surface area contributed by atoms with Crippen LogP contribution in [0, 0.1) is 10.5 Å². The summed E-state index contributed by atoms with van der Waals surface area (Å²) < 4.78 is 1.42. The molecule has 110 valence electrons. The Labute approximate surface area is 137 Å². The van der Waals surface area contributed by atoms with Gasteiger partial charge in [-0.25, -0.2) is 0 Å². The van der Waals surface area contributed by atoms with Gasteiger partial charge in [-0.2, -0.15) is 0 Å². The average Bonchev–Trinajstić information content (AvgIpc) is 2.40. The molecule has 0 aliphatic heterocycles. The molecule has 0 saturated carbocycles. The molecule has 1 N–H and O–H groups in total. The van der Waals surface area contributed by atoms with Crippen LogP contribution in [-0.2, 0) is 0 Å². The van der Waals surface area contributed by atoms with Gasteiger partial charge in [0.05, 0.1) is 6.04 Å². The molecule has 0 amide bonds. The van der Waals surface area contributed by atoms with Gasteiger partial charge < -0.3 is 5.32 Å². The summed E-state index contributed by atoms with van der Waals surface area (Å²) >= 11 is 2.51. The minimum atomic E-state index is 0.407. The molecular formula is C18H26IN. The quantitative estimate of drug-likeness (QED) is 0.533. The predicted octanol–water partition coefficient (Wildman–Crippen LogP) is 5.53. The fourth-order valence-electron chi connectivity index (χ4n) is 3.02. The van der Waals surface area contributed by atoms with Gasteiger partial charge in [0, 0.05) is 3.57 Å². The SMILES string of the molecule is CCNC(/C1=C/CCCCCC1)c1cccc(C)c1I. The number of benzene rings is 1. The molecule has 1 atom stereocenters. The molecule has 1 aromatic rings. The third-order valence-electron chi connectivity index (χ3n) is 4.14. The lowest BCUT2D eigenvalue weighted by molar-refractivity contribution is 0.552. The van der Waals surface area contributed by atoms with Gasteiger partial charge in [-0.05, 0) is 72.9 Å². The summed E-state index contributed by atoms with van der Waals surface area (Å²) in [7, 11) is 0. The fourth-order valence-corrected chi connectivity index (χ4v) is 3.69. The molecule has 2 rings (SSSR count). The molecule has 0 bridgehead atoms. The normalized spacial score (nSPS) is 20.6. The number of allylic oxidation sites excluding steroid dienone is 1. The number of nitrogens with one attached hydrogen (secondary N) is 1. The summed E-state index contributed by atoms with van der Waals surface area (Å²) in [4.78, 5) is 0. The van der Waals surface area contributed by atoms with Crippen LogP contribution in [0.3, 0.4) is 0 Å². The van der Waals surface area contributed by atoms with Crippen molar-refractivity contribution in [3.63, 3.8) is 0 Å².